The van der Waals surface area contributed by atoms with Gasteiger partial charge in [0.25, 0.3) is 0 Å². The van der Waals surface area contributed by atoms with Gasteiger partial charge in [-0.25, -0.2) is 9.67 Å². The van der Waals surface area contributed by atoms with E-state index in [1.807, 2.05) is 30.5 Å². The summed E-state index contributed by atoms with van der Waals surface area (Å²) in [6, 6.07) is 7.92. The van der Waals surface area contributed by atoms with Crippen molar-refractivity contribution >= 4 is 5.91 Å². The number of carbonyl (C=O) groups is 1. The molecule has 4 rings (SSSR count). The number of nitrogens with zero attached hydrogens (tertiary/aromatic N) is 4. The molecule has 1 aromatic carbocycles. The molecule has 1 unspecified atom stereocenters. The van der Waals surface area contributed by atoms with E-state index in [2.05, 4.69) is 25.6 Å². The summed E-state index contributed by atoms with van der Waals surface area (Å²) in [5.74, 6) is 0.145. The van der Waals surface area contributed by atoms with E-state index in [0.717, 1.165) is 30.5 Å². The van der Waals surface area contributed by atoms with Crippen molar-refractivity contribution in [2.24, 2.45) is 5.92 Å². The van der Waals surface area contributed by atoms with Crippen molar-refractivity contribution in [3.8, 4) is 5.69 Å². The minimum Gasteiger partial charge on any atom is -0.352 e. The van der Waals surface area contributed by atoms with Crippen molar-refractivity contribution in [1.29, 1.82) is 0 Å². The van der Waals surface area contributed by atoms with Crippen LogP contribution in [0.1, 0.15) is 23.2 Å². The first-order valence-electron chi connectivity index (χ1n) is 8.02. The van der Waals surface area contributed by atoms with Crippen LogP contribution in [0.5, 0.6) is 0 Å². The number of fused-ring (bicyclic) bond motifs is 1. The number of nitrogens with one attached hydrogen (secondary N) is 2. The number of aromatic nitrogens is 5. The molecule has 0 aliphatic heterocycles. The zero-order valence-corrected chi connectivity index (χ0v) is 13.1. The van der Waals surface area contributed by atoms with Crippen LogP contribution in [0, 0.1) is 5.92 Å². The van der Waals surface area contributed by atoms with E-state index in [0.29, 0.717) is 6.54 Å². The normalized spacial score (nSPS) is 16.6. The average molecular weight is 322 g/mol. The van der Waals surface area contributed by atoms with Gasteiger partial charge in [0.05, 0.1) is 11.9 Å². The zero-order chi connectivity index (χ0) is 16.4. The standard InChI is InChI=1S/C17H18N6O/c24-17(13-3-6-16-14(7-13)9-20-22-16)19-8-12-1-4-15(5-2-12)23-11-18-10-21-23/h1-2,4-5,9-11,13H,3,6-8H2,(H,19,24)(H,20,22). The summed E-state index contributed by atoms with van der Waals surface area (Å²) in [6.07, 6.45) is 7.51. The molecule has 2 N–H and O–H groups in total. The van der Waals surface area contributed by atoms with Gasteiger partial charge >= 0.3 is 0 Å². The van der Waals surface area contributed by atoms with Crippen LogP contribution in [0.15, 0.2) is 43.1 Å². The maximum atomic E-state index is 12.4. The molecule has 1 atom stereocenters. The largest absolute Gasteiger partial charge is 0.352 e. The molecule has 7 nitrogen and oxygen atoms in total. The van der Waals surface area contributed by atoms with Crippen LogP contribution in [0.3, 0.4) is 0 Å². The van der Waals surface area contributed by atoms with Gasteiger partial charge in [-0.05, 0) is 42.5 Å². The van der Waals surface area contributed by atoms with E-state index in [9.17, 15) is 4.79 Å². The van der Waals surface area contributed by atoms with E-state index in [1.165, 1.54) is 17.6 Å². The number of amides is 1. The minimum atomic E-state index is 0.0320. The number of rotatable bonds is 4. The molecule has 1 aliphatic rings. The first-order chi connectivity index (χ1) is 11.8. The maximum Gasteiger partial charge on any atom is 0.223 e. The molecule has 0 saturated heterocycles. The highest BCUT2D eigenvalue weighted by Gasteiger charge is 2.25. The van der Waals surface area contributed by atoms with Gasteiger partial charge in [0.2, 0.25) is 5.91 Å². The minimum absolute atomic E-state index is 0.0320. The summed E-state index contributed by atoms with van der Waals surface area (Å²) in [4.78, 5) is 16.3. The third-order valence-corrected chi connectivity index (χ3v) is 4.47. The van der Waals surface area contributed by atoms with Crippen LogP contribution >= 0.6 is 0 Å². The molecule has 3 aromatic rings. The van der Waals surface area contributed by atoms with Crippen molar-refractivity contribution in [2.75, 3.05) is 0 Å². The number of H-pyrrole nitrogens is 1. The summed E-state index contributed by atoms with van der Waals surface area (Å²) in [5, 5.41) is 14.2. The number of benzene rings is 1. The molecule has 2 aromatic heterocycles. The molecule has 0 radical (unpaired) electrons. The highest BCUT2D eigenvalue weighted by atomic mass is 16.1. The molecule has 1 amide bonds. The second-order valence-corrected chi connectivity index (χ2v) is 6.04. The van der Waals surface area contributed by atoms with E-state index in [4.69, 9.17) is 0 Å². The van der Waals surface area contributed by atoms with Gasteiger partial charge in [-0.3, -0.25) is 9.89 Å². The highest BCUT2D eigenvalue weighted by molar-refractivity contribution is 5.79. The fourth-order valence-corrected chi connectivity index (χ4v) is 3.08. The van der Waals surface area contributed by atoms with E-state index < -0.39 is 0 Å². The number of hydrogen-bond acceptors (Lipinski definition) is 4. The van der Waals surface area contributed by atoms with Crippen LogP contribution in [0.4, 0.5) is 0 Å². The summed E-state index contributed by atoms with van der Waals surface area (Å²) in [5.41, 5.74) is 4.34. The lowest BCUT2D eigenvalue weighted by Crippen LogP contribution is -2.33. The zero-order valence-electron chi connectivity index (χ0n) is 13.1. The topological polar surface area (TPSA) is 88.5 Å². The number of carbonyl (C=O) groups excluding carboxylic acids is 1. The van der Waals surface area contributed by atoms with Gasteiger partial charge < -0.3 is 5.32 Å². The van der Waals surface area contributed by atoms with Gasteiger partial charge in [-0.1, -0.05) is 12.1 Å². The Labute approximate surface area is 139 Å². The van der Waals surface area contributed by atoms with Crippen LogP contribution in [0.25, 0.3) is 5.69 Å². The Balaban J connectivity index is 1.34. The summed E-state index contributed by atoms with van der Waals surface area (Å²) < 4.78 is 1.70. The SMILES string of the molecule is O=C(NCc1ccc(-n2cncn2)cc1)C1CCc2[nH]ncc2C1. The fraction of sp³-hybridized carbons (Fsp3) is 0.294. The first kappa shape index (κ1) is 14.6. The Morgan fingerprint density at radius 1 is 1.33 bits per heavy atom. The third-order valence-electron chi connectivity index (χ3n) is 4.47. The molecule has 1 aliphatic carbocycles. The molecule has 7 heteroatoms. The van der Waals surface area contributed by atoms with Gasteiger partial charge in [0.15, 0.2) is 0 Å². The Bertz CT molecular complexity index is 821. The van der Waals surface area contributed by atoms with E-state index in [-0.39, 0.29) is 11.8 Å². The van der Waals surface area contributed by atoms with E-state index in [1.54, 1.807) is 11.0 Å². The lowest BCUT2D eigenvalue weighted by Gasteiger charge is -2.21. The second kappa shape index (κ2) is 6.27. The molecule has 0 spiro atoms. The molecule has 2 heterocycles. The first-order valence-corrected chi connectivity index (χ1v) is 8.02. The van der Waals surface area contributed by atoms with Crippen molar-refractivity contribution in [3.05, 3.63) is 59.9 Å². The van der Waals surface area contributed by atoms with Gasteiger partial charge in [0.1, 0.15) is 12.7 Å². The summed E-state index contributed by atoms with van der Waals surface area (Å²) >= 11 is 0. The lowest BCUT2D eigenvalue weighted by molar-refractivity contribution is -0.125. The fourth-order valence-electron chi connectivity index (χ4n) is 3.08. The third kappa shape index (κ3) is 2.92. The molecular formula is C17H18N6O. The van der Waals surface area contributed by atoms with Crippen LogP contribution < -0.4 is 5.32 Å². The summed E-state index contributed by atoms with van der Waals surface area (Å²) in [6.45, 7) is 0.533. The second-order valence-electron chi connectivity index (χ2n) is 6.04. The molecule has 122 valence electrons. The lowest BCUT2D eigenvalue weighted by atomic mass is 9.87. The van der Waals surface area contributed by atoms with Crippen molar-refractivity contribution < 1.29 is 4.79 Å². The molecule has 24 heavy (non-hydrogen) atoms. The predicted molar refractivity (Wildman–Crippen MR) is 87.3 cm³/mol. The monoisotopic (exact) mass is 322 g/mol. The molecular weight excluding hydrogens is 304 g/mol. The Morgan fingerprint density at radius 3 is 3.00 bits per heavy atom. The van der Waals surface area contributed by atoms with Gasteiger partial charge in [-0.15, -0.1) is 0 Å². The van der Waals surface area contributed by atoms with Gasteiger partial charge in [-0.2, -0.15) is 10.2 Å². The van der Waals surface area contributed by atoms with Gasteiger partial charge in [0, 0.05) is 18.2 Å². The maximum absolute atomic E-state index is 12.4. The number of aromatic amines is 1. The quantitative estimate of drug-likeness (QED) is 0.760. The number of hydrogen-bond donors (Lipinski definition) is 2. The molecule has 0 bridgehead atoms. The van der Waals surface area contributed by atoms with Crippen molar-refractivity contribution in [1.82, 2.24) is 30.3 Å². The van der Waals surface area contributed by atoms with Crippen LogP contribution in [0.2, 0.25) is 0 Å². The average Bonchev–Trinajstić information content (AvgIpc) is 3.30. The number of aryl methyl sites for hydroxylation is 1. The van der Waals surface area contributed by atoms with Crippen LogP contribution in [-0.2, 0) is 24.2 Å². The molecule has 0 saturated carbocycles. The Morgan fingerprint density at radius 2 is 2.21 bits per heavy atom. The van der Waals surface area contributed by atoms with Crippen LogP contribution in [-0.4, -0.2) is 30.9 Å². The van der Waals surface area contributed by atoms with Crippen molar-refractivity contribution in [3.63, 3.8) is 0 Å². The van der Waals surface area contributed by atoms with E-state index >= 15 is 0 Å². The Kier molecular flexibility index (Phi) is 3.82. The summed E-state index contributed by atoms with van der Waals surface area (Å²) in [7, 11) is 0. The predicted octanol–water partition coefficient (Wildman–Crippen LogP) is 1.41. The Hall–Kier alpha value is -2.96. The molecule has 0 fully saturated rings. The smallest absolute Gasteiger partial charge is 0.223 e. The highest BCUT2D eigenvalue weighted by Crippen LogP contribution is 2.23. The van der Waals surface area contributed by atoms with Crippen molar-refractivity contribution in [2.45, 2.75) is 25.8 Å².